The summed E-state index contributed by atoms with van der Waals surface area (Å²) in [5.74, 6) is -0.309. The molecule has 0 aromatic heterocycles. The lowest BCUT2D eigenvalue weighted by atomic mass is 10.1. The van der Waals surface area contributed by atoms with Crippen LogP contribution in [0.15, 0.2) is 24.3 Å². The fourth-order valence-corrected chi connectivity index (χ4v) is 3.35. The number of piperazine rings is 1. The van der Waals surface area contributed by atoms with Gasteiger partial charge in [0.25, 0.3) is 11.8 Å². The number of nitrogens with zero attached hydrogens (tertiary/aromatic N) is 3. The van der Waals surface area contributed by atoms with Crippen molar-refractivity contribution in [1.29, 1.82) is 0 Å². The number of benzene rings is 1. The van der Waals surface area contributed by atoms with Crippen molar-refractivity contribution in [2.24, 2.45) is 0 Å². The molecule has 0 saturated carbocycles. The van der Waals surface area contributed by atoms with Gasteiger partial charge in [0.2, 0.25) is 0 Å². The van der Waals surface area contributed by atoms with E-state index in [1.54, 1.807) is 36.2 Å². The molecule has 1 aromatic carbocycles. The second-order valence-electron chi connectivity index (χ2n) is 5.26. The van der Waals surface area contributed by atoms with Gasteiger partial charge in [0.05, 0.1) is 11.1 Å². The quantitative estimate of drug-likeness (QED) is 0.617. The smallest absolute Gasteiger partial charge is 0.261 e. The normalized spacial score (nSPS) is 20.1. The van der Waals surface area contributed by atoms with Crippen LogP contribution in [0.25, 0.3) is 0 Å². The van der Waals surface area contributed by atoms with Crippen LogP contribution in [-0.2, 0) is 0 Å². The maximum Gasteiger partial charge on any atom is 0.261 e. The highest BCUT2D eigenvalue weighted by atomic mass is 32.2. The molecule has 1 aromatic rings. The van der Waals surface area contributed by atoms with Crippen molar-refractivity contribution in [3.8, 4) is 0 Å². The van der Waals surface area contributed by atoms with Gasteiger partial charge in [-0.15, -0.1) is 0 Å². The summed E-state index contributed by atoms with van der Waals surface area (Å²) in [5, 5.41) is 0. The Bertz CT molecular complexity index is 521. The highest BCUT2D eigenvalue weighted by Crippen LogP contribution is 2.22. The summed E-state index contributed by atoms with van der Waals surface area (Å²) in [6.07, 6.45) is 2.09. The standard InChI is InChI=1S/C15H19N3O2S/c1-21-17-9-6-16(7-10-17)8-11-18-14(19)12-4-2-3-5-13(12)15(18)20/h2-5H,6-11H2,1H3. The minimum atomic E-state index is -0.154. The van der Waals surface area contributed by atoms with Gasteiger partial charge in [0.1, 0.15) is 0 Å². The predicted octanol–water partition coefficient (Wildman–Crippen LogP) is 1.18. The average molecular weight is 305 g/mol. The second-order valence-corrected chi connectivity index (χ2v) is 6.14. The van der Waals surface area contributed by atoms with Gasteiger partial charge in [-0.3, -0.25) is 19.4 Å². The summed E-state index contributed by atoms with van der Waals surface area (Å²) >= 11 is 1.77. The van der Waals surface area contributed by atoms with Crippen molar-refractivity contribution in [2.75, 3.05) is 45.5 Å². The van der Waals surface area contributed by atoms with E-state index in [9.17, 15) is 9.59 Å². The van der Waals surface area contributed by atoms with Crippen LogP contribution in [-0.4, -0.2) is 71.4 Å². The number of amides is 2. The highest BCUT2D eigenvalue weighted by molar-refractivity contribution is 7.96. The van der Waals surface area contributed by atoms with E-state index in [4.69, 9.17) is 0 Å². The SMILES string of the molecule is CSN1CCN(CCN2C(=O)c3ccccc3C2=O)CC1. The Hall–Kier alpha value is -1.37. The van der Waals surface area contributed by atoms with E-state index in [0.29, 0.717) is 17.7 Å². The zero-order chi connectivity index (χ0) is 14.8. The van der Waals surface area contributed by atoms with Crippen molar-refractivity contribution in [3.05, 3.63) is 35.4 Å². The molecule has 0 aliphatic carbocycles. The zero-order valence-corrected chi connectivity index (χ0v) is 12.9. The first-order valence-electron chi connectivity index (χ1n) is 7.17. The molecule has 2 amide bonds. The molecule has 2 aliphatic heterocycles. The lowest BCUT2D eigenvalue weighted by molar-refractivity contribution is 0.0628. The van der Waals surface area contributed by atoms with Gasteiger partial charge in [-0.2, -0.15) is 0 Å². The molecule has 0 N–H and O–H groups in total. The summed E-state index contributed by atoms with van der Waals surface area (Å²) < 4.78 is 2.33. The Morgan fingerprint density at radius 1 is 0.952 bits per heavy atom. The average Bonchev–Trinajstić information content (AvgIpc) is 2.78. The van der Waals surface area contributed by atoms with Crippen LogP contribution in [0.1, 0.15) is 20.7 Å². The Morgan fingerprint density at radius 3 is 2.05 bits per heavy atom. The number of hydrogen-bond donors (Lipinski definition) is 0. The predicted molar refractivity (Wildman–Crippen MR) is 83.3 cm³/mol. The third-order valence-electron chi connectivity index (χ3n) is 4.11. The second kappa shape index (κ2) is 6.17. The number of rotatable bonds is 4. The molecule has 0 atom stereocenters. The molecule has 1 saturated heterocycles. The molecule has 6 heteroatoms. The summed E-state index contributed by atoms with van der Waals surface area (Å²) in [6, 6.07) is 7.06. The number of hydrogen-bond acceptors (Lipinski definition) is 5. The minimum Gasteiger partial charge on any atom is -0.299 e. The van der Waals surface area contributed by atoms with Gasteiger partial charge in [0, 0.05) is 39.3 Å². The van der Waals surface area contributed by atoms with Gasteiger partial charge in [-0.05, 0) is 18.4 Å². The molecule has 0 spiro atoms. The number of carbonyl (C=O) groups excluding carboxylic acids is 2. The van der Waals surface area contributed by atoms with Crippen LogP contribution in [0.5, 0.6) is 0 Å². The Kier molecular flexibility index (Phi) is 4.28. The number of carbonyl (C=O) groups is 2. The zero-order valence-electron chi connectivity index (χ0n) is 12.1. The first kappa shape index (κ1) is 14.6. The van der Waals surface area contributed by atoms with Crippen LogP contribution < -0.4 is 0 Å². The van der Waals surface area contributed by atoms with Crippen LogP contribution >= 0.6 is 11.9 Å². The molecule has 2 aliphatic rings. The largest absolute Gasteiger partial charge is 0.299 e. The summed E-state index contributed by atoms with van der Waals surface area (Å²) in [4.78, 5) is 28.2. The van der Waals surface area contributed by atoms with E-state index in [1.165, 1.54) is 4.90 Å². The third kappa shape index (κ3) is 2.84. The maximum atomic E-state index is 12.3. The van der Waals surface area contributed by atoms with Gasteiger partial charge in [-0.25, -0.2) is 4.31 Å². The Morgan fingerprint density at radius 2 is 1.52 bits per heavy atom. The van der Waals surface area contributed by atoms with E-state index in [1.807, 2.05) is 0 Å². The highest BCUT2D eigenvalue weighted by Gasteiger charge is 2.35. The molecule has 2 heterocycles. The molecular formula is C15H19N3O2S. The number of fused-ring (bicyclic) bond motifs is 1. The van der Waals surface area contributed by atoms with Crippen LogP contribution in [0.4, 0.5) is 0 Å². The molecule has 0 radical (unpaired) electrons. The minimum absolute atomic E-state index is 0.154. The maximum absolute atomic E-state index is 12.3. The van der Waals surface area contributed by atoms with E-state index >= 15 is 0 Å². The van der Waals surface area contributed by atoms with Gasteiger partial charge in [0.15, 0.2) is 0 Å². The van der Waals surface area contributed by atoms with Crippen molar-refractivity contribution >= 4 is 23.8 Å². The Labute approximate surface area is 129 Å². The van der Waals surface area contributed by atoms with E-state index < -0.39 is 0 Å². The van der Waals surface area contributed by atoms with Crippen LogP contribution in [0.3, 0.4) is 0 Å². The topological polar surface area (TPSA) is 43.9 Å². The van der Waals surface area contributed by atoms with Gasteiger partial charge in [-0.1, -0.05) is 24.1 Å². The molecule has 3 rings (SSSR count). The van der Waals surface area contributed by atoms with Gasteiger partial charge >= 0.3 is 0 Å². The lowest BCUT2D eigenvalue weighted by Crippen LogP contribution is -2.46. The Balaban J connectivity index is 1.58. The first-order chi connectivity index (χ1) is 10.2. The molecule has 21 heavy (non-hydrogen) atoms. The van der Waals surface area contributed by atoms with Crippen molar-refractivity contribution < 1.29 is 9.59 Å². The monoisotopic (exact) mass is 305 g/mol. The summed E-state index contributed by atoms with van der Waals surface area (Å²) in [6.45, 7) is 5.28. The first-order valence-corrected chi connectivity index (χ1v) is 8.35. The van der Waals surface area contributed by atoms with Crippen LogP contribution in [0.2, 0.25) is 0 Å². The fourth-order valence-electron chi connectivity index (χ4n) is 2.82. The van der Waals surface area contributed by atoms with E-state index in [2.05, 4.69) is 15.5 Å². The molecule has 0 unspecified atom stereocenters. The third-order valence-corrected chi connectivity index (χ3v) is 4.99. The molecular weight excluding hydrogens is 286 g/mol. The molecule has 112 valence electrons. The van der Waals surface area contributed by atoms with Crippen molar-refractivity contribution in [2.45, 2.75) is 0 Å². The lowest BCUT2D eigenvalue weighted by Gasteiger charge is -2.33. The number of imide groups is 1. The van der Waals surface area contributed by atoms with E-state index in [-0.39, 0.29) is 11.8 Å². The van der Waals surface area contributed by atoms with Crippen LogP contribution in [0, 0.1) is 0 Å². The van der Waals surface area contributed by atoms with E-state index in [0.717, 1.165) is 32.7 Å². The summed E-state index contributed by atoms with van der Waals surface area (Å²) in [7, 11) is 0. The molecule has 0 bridgehead atoms. The van der Waals surface area contributed by atoms with Gasteiger partial charge < -0.3 is 0 Å². The summed E-state index contributed by atoms with van der Waals surface area (Å²) in [5.41, 5.74) is 1.07. The molecule has 5 nitrogen and oxygen atoms in total. The van der Waals surface area contributed by atoms with Crippen molar-refractivity contribution in [3.63, 3.8) is 0 Å². The fraction of sp³-hybridized carbons (Fsp3) is 0.467. The molecule has 1 fully saturated rings. The van der Waals surface area contributed by atoms with Crippen molar-refractivity contribution in [1.82, 2.24) is 14.1 Å².